The number of nitrogens with one attached hydrogen (secondary N) is 2. The summed E-state index contributed by atoms with van der Waals surface area (Å²) in [5.41, 5.74) is 2.96. The second-order valence-electron chi connectivity index (χ2n) is 9.30. The van der Waals surface area contributed by atoms with Crippen LogP contribution in [0.4, 0.5) is 0 Å². The minimum atomic E-state index is 0.155. The van der Waals surface area contributed by atoms with Crippen LogP contribution in [0, 0.1) is 11.8 Å². The molecule has 2 aliphatic heterocycles. The van der Waals surface area contributed by atoms with Crippen LogP contribution in [0.15, 0.2) is 29.3 Å². The zero-order valence-corrected chi connectivity index (χ0v) is 19.9. The maximum Gasteiger partial charge on any atom is 0.220 e. The van der Waals surface area contributed by atoms with Crippen molar-refractivity contribution in [2.45, 2.75) is 59.0 Å². The van der Waals surface area contributed by atoms with Gasteiger partial charge in [0.05, 0.1) is 6.54 Å². The highest BCUT2D eigenvalue weighted by Crippen LogP contribution is 2.24. The van der Waals surface area contributed by atoms with E-state index >= 15 is 0 Å². The number of aliphatic imine (C=N–C) groups is 1. The number of rotatable bonds is 7. The Morgan fingerprint density at radius 3 is 2.52 bits per heavy atom. The van der Waals surface area contributed by atoms with Crippen molar-refractivity contribution in [2.24, 2.45) is 16.8 Å². The van der Waals surface area contributed by atoms with Gasteiger partial charge in [-0.05, 0) is 49.1 Å². The van der Waals surface area contributed by atoms with Crippen molar-refractivity contribution in [2.75, 3.05) is 39.8 Å². The number of piperidine rings is 1. The number of carbonyl (C=O) groups is 1. The quantitative estimate of drug-likeness (QED) is 0.519. The SMILES string of the molecule is CCNC(=NCC(C(C)C)N1CCc2ccccc2C1)N1CCC(CC(=O)NC)CC1. The Labute approximate surface area is 188 Å². The van der Waals surface area contributed by atoms with Gasteiger partial charge in [0.25, 0.3) is 0 Å². The van der Waals surface area contributed by atoms with Crippen LogP contribution in [-0.2, 0) is 17.8 Å². The minimum Gasteiger partial charge on any atom is -0.359 e. The topological polar surface area (TPSA) is 60.0 Å². The average molecular weight is 428 g/mol. The summed E-state index contributed by atoms with van der Waals surface area (Å²) in [4.78, 5) is 21.8. The number of amides is 1. The highest BCUT2D eigenvalue weighted by Gasteiger charge is 2.27. The Kier molecular flexibility index (Phi) is 8.76. The van der Waals surface area contributed by atoms with Crippen LogP contribution in [0.2, 0.25) is 0 Å². The number of hydrogen-bond donors (Lipinski definition) is 2. The molecule has 2 aliphatic rings. The van der Waals surface area contributed by atoms with Crippen molar-refractivity contribution in [3.63, 3.8) is 0 Å². The molecule has 1 unspecified atom stereocenters. The highest BCUT2D eigenvalue weighted by atomic mass is 16.1. The molecule has 172 valence electrons. The predicted molar refractivity (Wildman–Crippen MR) is 128 cm³/mol. The number of fused-ring (bicyclic) bond motifs is 1. The molecule has 1 fully saturated rings. The van der Waals surface area contributed by atoms with E-state index in [1.165, 1.54) is 11.1 Å². The first kappa shape index (κ1) is 23.6. The van der Waals surface area contributed by atoms with E-state index in [0.717, 1.165) is 64.5 Å². The Morgan fingerprint density at radius 1 is 1.16 bits per heavy atom. The van der Waals surface area contributed by atoms with Gasteiger partial charge in [0.2, 0.25) is 5.91 Å². The van der Waals surface area contributed by atoms with Crippen molar-refractivity contribution in [1.29, 1.82) is 0 Å². The second-order valence-corrected chi connectivity index (χ2v) is 9.30. The van der Waals surface area contributed by atoms with E-state index in [0.29, 0.717) is 24.3 Å². The molecule has 0 spiro atoms. The van der Waals surface area contributed by atoms with E-state index in [1.807, 2.05) is 0 Å². The molecule has 2 N–H and O–H groups in total. The molecule has 0 radical (unpaired) electrons. The maximum absolute atomic E-state index is 11.7. The summed E-state index contributed by atoms with van der Waals surface area (Å²) in [5, 5.41) is 6.26. The molecule has 1 saturated heterocycles. The fourth-order valence-electron chi connectivity index (χ4n) is 4.87. The zero-order chi connectivity index (χ0) is 22.2. The van der Waals surface area contributed by atoms with E-state index in [1.54, 1.807) is 7.05 Å². The lowest BCUT2D eigenvalue weighted by Crippen LogP contribution is -2.48. The summed E-state index contributed by atoms with van der Waals surface area (Å²) >= 11 is 0. The van der Waals surface area contributed by atoms with Crippen LogP contribution < -0.4 is 10.6 Å². The predicted octanol–water partition coefficient (Wildman–Crippen LogP) is 2.88. The second kappa shape index (κ2) is 11.5. The molecular weight excluding hydrogens is 386 g/mol. The molecule has 0 bridgehead atoms. The Morgan fingerprint density at radius 2 is 1.87 bits per heavy atom. The molecule has 2 heterocycles. The van der Waals surface area contributed by atoms with Crippen LogP contribution in [-0.4, -0.2) is 67.5 Å². The van der Waals surface area contributed by atoms with Gasteiger partial charge in [0.1, 0.15) is 0 Å². The van der Waals surface area contributed by atoms with E-state index in [-0.39, 0.29) is 5.91 Å². The van der Waals surface area contributed by atoms with Gasteiger partial charge in [0.15, 0.2) is 5.96 Å². The van der Waals surface area contributed by atoms with Crippen LogP contribution in [0.25, 0.3) is 0 Å². The van der Waals surface area contributed by atoms with Gasteiger partial charge < -0.3 is 15.5 Å². The van der Waals surface area contributed by atoms with E-state index in [4.69, 9.17) is 4.99 Å². The molecule has 1 aromatic carbocycles. The van der Waals surface area contributed by atoms with E-state index < -0.39 is 0 Å². The molecule has 31 heavy (non-hydrogen) atoms. The largest absolute Gasteiger partial charge is 0.359 e. The standard InChI is InChI=1S/C25H41N5O/c1-5-27-25(29-13-10-20(11-14-29)16-24(31)26-4)28-17-23(19(2)3)30-15-12-21-8-6-7-9-22(21)18-30/h6-9,19-20,23H,5,10-18H2,1-4H3,(H,26,31)(H,27,28). The molecule has 1 atom stereocenters. The van der Waals surface area contributed by atoms with Crippen LogP contribution >= 0.6 is 0 Å². The minimum absolute atomic E-state index is 0.155. The first-order chi connectivity index (χ1) is 15.0. The fourth-order valence-corrected chi connectivity index (χ4v) is 4.87. The van der Waals surface area contributed by atoms with Gasteiger partial charge in [-0.2, -0.15) is 0 Å². The monoisotopic (exact) mass is 427 g/mol. The van der Waals surface area contributed by atoms with Crippen LogP contribution in [0.1, 0.15) is 51.2 Å². The third-order valence-electron chi connectivity index (χ3n) is 6.83. The number of carbonyl (C=O) groups excluding carboxylic acids is 1. The van der Waals surface area contributed by atoms with Crippen molar-refractivity contribution in [3.05, 3.63) is 35.4 Å². The average Bonchev–Trinajstić information content (AvgIpc) is 2.78. The smallest absolute Gasteiger partial charge is 0.220 e. The van der Waals surface area contributed by atoms with E-state index in [9.17, 15) is 4.79 Å². The fraction of sp³-hybridized carbons (Fsp3) is 0.680. The van der Waals surface area contributed by atoms with Gasteiger partial charge in [-0.1, -0.05) is 38.1 Å². The van der Waals surface area contributed by atoms with Crippen molar-refractivity contribution in [3.8, 4) is 0 Å². The number of likely N-dealkylation sites (tertiary alicyclic amines) is 1. The molecule has 6 nitrogen and oxygen atoms in total. The van der Waals surface area contributed by atoms with Gasteiger partial charge >= 0.3 is 0 Å². The molecule has 0 saturated carbocycles. The molecule has 0 aromatic heterocycles. The van der Waals surface area contributed by atoms with Gasteiger partial charge in [-0.25, -0.2) is 0 Å². The van der Waals surface area contributed by atoms with E-state index in [2.05, 4.69) is 65.5 Å². The first-order valence-corrected chi connectivity index (χ1v) is 12.1. The van der Waals surface area contributed by atoms with Crippen LogP contribution in [0.5, 0.6) is 0 Å². The summed E-state index contributed by atoms with van der Waals surface area (Å²) in [6, 6.07) is 9.29. The van der Waals surface area contributed by atoms with Gasteiger partial charge in [0, 0.05) is 52.2 Å². The molecule has 3 rings (SSSR count). The summed E-state index contributed by atoms with van der Waals surface area (Å²) in [7, 11) is 1.72. The first-order valence-electron chi connectivity index (χ1n) is 12.1. The zero-order valence-electron chi connectivity index (χ0n) is 19.9. The molecule has 6 heteroatoms. The number of guanidine groups is 1. The van der Waals surface area contributed by atoms with Crippen molar-refractivity contribution in [1.82, 2.24) is 20.4 Å². The summed E-state index contributed by atoms with van der Waals surface area (Å²) in [6.07, 6.45) is 3.87. The summed E-state index contributed by atoms with van der Waals surface area (Å²) in [6.45, 7) is 12.5. The lowest BCUT2D eigenvalue weighted by atomic mass is 9.93. The molecule has 1 aromatic rings. The van der Waals surface area contributed by atoms with Gasteiger partial charge in [-0.3, -0.25) is 14.7 Å². The van der Waals surface area contributed by atoms with Crippen molar-refractivity contribution < 1.29 is 4.79 Å². The van der Waals surface area contributed by atoms with Crippen molar-refractivity contribution >= 4 is 11.9 Å². The molecule has 0 aliphatic carbocycles. The number of benzene rings is 1. The maximum atomic E-state index is 11.7. The lowest BCUT2D eigenvalue weighted by Gasteiger charge is -2.38. The third-order valence-corrected chi connectivity index (χ3v) is 6.83. The lowest BCUT2D eigenvalue weighted by molar-refractivity contribution is -0.121. The summed E-state index contributed by atoms with van der Waals surface area (Å²) < 4.78 is 0. The Hall–Kier alpha value is -2.08. The molecular formula is C25H41N5O. The molecule has 1 amide bonds. The Bertz CT molecular complexity index is 739. The summed E-state index contributed by atoms with van der Waals surface area (Å²) in [5.74, 6) is 2.22. The van der Waals surface area contributed by atoms with Crippen LogP contribution in [0.3, 0.4) is 0 Å². The normalized spacial score (nSPS) is 19.3. The van der Waals surface area contributed by atoms with Gasteiger partial charge in [-0.15, -0.1) is 0 Å². The third kappa shape index (κ3) is 6.45. The highest BCUT2D eigenvalue weighted by molar-refractivity contribution is 5.80. The number of hydrogen-bond acceptors (Lipinski definition) is 3. The Balaban J connectivity index is 1.62. The number of nitrogens with zero attached hydrogens (tertiary/aromatic N) is 3.